The maximum absolute atomic E-state index is 14.3. The number of aliphatic hydroxyl groups is 2. The lowest BCUT2D eigenvalue weighted by atomic mass is 9.89. The van der Waals surface area contributed by atoms with Gasteiger partial charge in [0.15, 0.2) is 11.6 Å². The molecule has 0 aliphatic carbocycles. The Morgan fingerprint density at radius 2 is 1.91 bits per heavy atom. The molecule has 2 heterocycles. The van der Waals surface area contributed by atoms with Crippen molar-refractivity contribution in [2.45, 2.75) is 51.0 Å². The number of hydrogen-bond acceptors (Lipinski definition) is 5. The Morgan fingerprint density at radius 1 is 1.24 bits per heavy atom. The Balaban J connectivity index is 1.48. The Morgan fingerprint density at radius 3 is 2.52 bits per heavy atom. The summed E-state index contributed by atoms with van der Waals surface area (Å²) in [7, 11) is 0. The van der Waals surface area contributed by atoms with Gasteiger partial charge in [-0.05, 0) is 51.5 Å². The zero-order chi connectivity index (χ0) is 24.1. The number of anilines is 1. The predicted molar refractivity (Wildman–Crippen MR) is 121 cm³/mol. The number of benzene rings is 2. The van der Waals surface area contributed by atoms with E-state index in [2.05, 4.69) is 0 Å². The van der Waals surface area contributed by atoms with E-state index >= 15 is 0 Å². The highest BCUT2D eigenvalue weighted by Crippen LogP contribution is 2.36. The van der Waals surface area contributed by atoms with E-state index in [1.54, 1.807) is 23.1 Å². The van der Waals surface area contributed by atoms with Crippen LogP contribution in [0.3, 0.4) is 0 Å². The third kappa shape index (κ3) is 4.39. The van der Waals surface area contributed by atoms with Gasteiger partial charge in [0.2, 0.25) is 0 Å². The molecule has 2 N–H and O–H groups in total. The van der Waals surface area contributed by atoms with E-state index in [1.807, 2.05) is 20.8 Å². The Labute approximate surface area is 196 Å². The second kappa shape index (κ2) is 8.42. The summed E-state index contributed by atoms with van der Waals surface area (Å²) in [6.45, 7) is 5.95. The highest BCUT2D eigenvalue weighted by atomic mass is 35.5. The van der Waals surface area contributed by atoms with Gasteiger partial charge in [-0.3, -0.25) is 4.79 Å². The molecule has 2 aromatic rings. The van der Waals surface area contributed by atoms with E-state index in [4.69, 9.17) is 16.3 Å². The molecule has 2 aromatic carbocycles. The molecule has 0 aromatic heterocycles. The van der Waals surface area contributed by atoms with Gasteiger partial charge < -0.3 is 24.7 Å². The third-order valence-electron chi connectivity index (χ3n) is 6.34. The third-order valence-corrected chi connectivity index (χ3v) is 6.56. The quantitative estimate of drug-likeness (QED) is 0.697. The van der Waals surface area contributed by atoms with Gasteiger partial charge in [0.25, 0.3) is 5.91 Å². The van der Waals surface area contributed by atoms with Crippen molar-refractivity contribution in [3.8, 4) is 5.75 Å². The summed E-state index contributed by atoms with van der Waals surface area (Å²) < 4.78 is 34.5. The van der Waals surface area contributed by atoms with Crippen molar-refractivity contribution < 1.29 is 28.5 Å². The molecule has 1 fully saturated rings. The lowest BCUT2D eigenvalue weighted by Crippen LogP contribution is -2.58. The number of rotatable bonds is 4. The lowest BCUT2D eigenvalue weighted by Gasteiger charge is -2.42. The Kier molecular flexibility index (Phi) is 6.05. The number of hydrogen-bond donors (Lipinski definition) is 2. The first-order valence-corrected chi connectivity index (χ1v) is 11.1. The van der Waals surface area contributed by atoms with Crippen LogP contribution in [0.4, 0.5) is 14.5 Å². The second-order valence-corrected chi connectivity index (χ2v) is 10.1. The molecule has 0 unspecified atom stereocenters. The summed E-state index contributed by atoms with van der Waals surface area (Å²) in [6, 6.07) is 7.20. The summed E-state index contributed by atoms with van der Waals surface area (Å²) >= 11 is 5.69. The first-order chi connectivity index (χ1) is 15.4. The van der Waals surface area contributed by atoms with E-state index in [-0.39, 0.29) is 48.3 Å². The van der Waals surface area contributed by atoms with Crippen molar-refractivity contribution in [3.63, 3.8) is 0 Å². The van der Waals surface area contributed by atoms with Crippen LogP contribution in [0.5, 0.6) is 5.75 Å². The zero-order valence-electron chi connectivity index (χ0n) is 18.7. The number of nitrogens with zero attached hydrogens (tertiary/aromatic N) is 2. The van der Waals surface area contributed by atoms with Crippen molar-refractivity contribution in [3.05, 3.63) is 58.1 Å². The first kappa shape index (κ1) is 23.7. The van der Waals surface area contributed by atoms with Crippen LogP contribution >= 0.6 is 11.6 Å². The molecular formula is C24H27ClF2N2O4. The molecule has 2 aliphatic rings. The number of halogens is 3. The summed E-state index contributed by atoms with van der Waals surface area (Å²) in [4.78, 5) is 15.9. The molecule has 4 rings (SSSR count). The zero-order valence-corrected chi connectivity index (χ0v) is 19.5. The van der Waals surface area contributed by atoms with Crippen LogP contribution in [0.25, 0.3) is 0 Å². The molecule has 1 saturated heterocycles. The molecule has 178 valence electrons. The molecule has 6 nitrogen and oxygen atoms in total. The summed E-state index contributed by atoms with van der Waals surface area (Å²) in [5, 5.41) is 21.6. The minimum Gasteiger partial charge on any atom is -0.490 e. The van der Waals surface area contributed by atoms with Crippen molar-refractivity contribution >= 4 is 23.2 Å². The average Bonchev–Trinajstić information content (AvgIpc) is 3.06. The molecule has 0 radical (unpaired) electrons. The summed E-state index contributed by atoms with van der Waals surface area (Å²) in [5.74, 6) is -1.28. The standard InChI is InChI=1S/C24H27ClF2N2O4/c1-23(2,3)29-11-16-15(22(29)31)5-4-6-19(16)33-13-24(32)7-8-28(12-20(24)30)21-17(26)9-14(25)10-18(21)27/h4-6,9-10,20,30,32H,7-8,11-13H2,1-3H3/t20-,24-/m1/s1. The SMILES string of the molecule is CC(C)(C)N1Cc2c(OC[C@]3(O)CCN(c4c(F)cc(Cl)cc4F)C[C@H]3O)cccc2C1=O. The normalized spacial score (nSPS) is 23.2. The van der Waals surface area contributed by atoms with Gasteiger partial charge in [0, 0.05) is 34.8 Å². The molecule has 1 amide bonds. The van der Waals surface area contributed by atoms with Crippen LogP contribution in [-0.2, 0) is 6.54 Å². The van der Waals surface area contributed by atoms with Gasteiger partial charge >= 0.3 is 0 Å². The maximum Gasteiger partial charge on any atom is 0.255 e. The number of carbonyl (C=O) groups is 1. The lowest BCUT2D eigenvalue weighted by molar-refractivity contribution is -0.109. The number of ether oxygens (including phenoxy) is 1. The fourth-order valence-corrected chi connectivity index (χ4v) is 4.55. The van der Waals surface area contributed by atoms with E-state index in [9.17, 15) is 23.8 Å². The minimum atomic E-state index is -1.62. The number of piperidine rings is 1. The van der Waals surface area contributed by atoms with E-state index in [0.717, 1.165) is 17.7 Å². The van der Waals surface area contributed by atoms with E-state index in [1.165, 1.54) is 4.90 Å². The molecule has 9 heteroatoms. The number of amides is 1. The topological polar surface area (TPSA) is 73.2 Å². The van der Waals surface area contributed by atoms with Gasteiger partial charge in [-0.15, -0.1) is 0 Å². The fourth-order valence-electron chi connectivity index (χ4n) is 4.36. The highest BCUT2D eigenvalue weighted by Gasteiger charge is 2.43. The number of carbonyl (C=O) groups excluding carboxylic acids is 1. The van der Waals surface area contributed by atoms with Crippen molar-refractivity contribution in [2.24, 2.45) is 0 Å². The molecule has 0 saturated carbocycles. The molecule has 0 bridgehead atoms. The number of β-amino-alcohol motifs (C(OH)–C–C–N with tert-alkyl or cyclic N) is 1. The number of aliphatic hydroxyl groups excluding tert-OH is 1. The van der Waals surface area contributed by atoms with Gasteiger partial charge in [-0.25, -0.2) is 8.78 Å². The van der Waals surface area contributed by atoms with Gasteiger partial charge in [-0.1, -0.05) is 17.7 Å². The molecule has 2 aliphatic heterocycles. The van der Waals surface area contributed by atoms with E-state index in [0.29, 0.717) is 17.9 Å². The smallest absolute Gasteiger partial charge is 0.255 e. The highest BCUT2D eigenvalue weighted by molar-refractivity contribution is 6.30. The Bertz CT molecular complexity index is 1070. The van der Waals surface area contributed by atoms with Crippen molar-refractivity contribution in [1.29, 1.82) is 0 Å². The molecule has 0 spiro atoms. The monoisotopic (exact) mass is 480 g/mol. The summed E-state index contributed by atoms with van der Waals surface area (Å²) in [5.41, 5.74) is -0.981. The molecule has 2 atom stereocenters. The minimum absolute atomic E-state index is 0.0255. The number of fused-ring (bicyclic) bond motifs is 1. The summed E-state index contributed by atoms with van der Waals surface area (Å²) in [6.07, 6.45) is -1.29. The van der Waals surface area contributed by atoms with Crippen LogP contribution < -0.4 is 9.64 Å². The predicted octanol–water partition coefficient (Wildman–Crippen LogP) is 3.75. The molecular weight excluding hydrogens is 454 g/mol. The largest absolute Gasteiger partial charge is 0.490 e. The van der Waals surface area contributed by atoms with Crippen LogP contribution in [0, 0.1) is 11.6 Å². The van der Waals surface area contributed by atoms with Crippen LogP contribution in [-0.4, -0.2) is 58.0 Å². The average molecular weight is 481 g/mol. The maximum atomic E-state index is 14.3. The Hall–Kier alpha value is -2.42. The van der Waals surface area contributed by atoms with Crippen LogP contribution in [0.2, 0.25) is 5.02 Å². The van der Waals surface area contributed by atoms with E-state index < -0.39 is 23.3 Å². The van der Waals surface area contributed by atoms with Gasteiger partial charge in [-0.2, -0.15) is 0 Å². The van der Waals surface area contributed by atoms with Crippen LogP contribution in [0.15, 0.2) is 30.3 Å². The second-order valence-electron chi connectivity index (χ2n) is 9.67. The van der Waals surface area contributed by atoms with Gasteiger partial charge in [0.1, 0.15) is 29.7 Å². The fraction of sp³-hybridized carbons (Fsp3) is 0.458. The van der Waals surface area contributed by atoms with Crippen molar-refractivity contribution in [1.82, 2.24) is 4.90 Å². The van der Waals surface area contributed by atoms with Gasteiger partial charge in [0.05, 0.1) is 6.54 Å². The first-order valence-electron chi connectivity index (χ1n) is 10.8. The molecule has 33 heavy (non-hydrogen) atoms. The van der Waals surface area contributed by atoms with Crippen LogP contribution in [0.1, 0.15) is 43.1 Å². The van der Waals surface area contributed by atoms with Crippen molar-refractivity contribution in [2.75, 3.05) is 24.6 Å².